The van der Waals surface area contributed by atoms with Crippen LogP contribution in [0.15, 0.2) is 0 Å². The molecule has 2 heterocycles. The Morgan fingerprint density at radius 3 is 2.55 bits per heavy atom. The van der Waals surface area contributed by atoms with Crippen LogP contribution in [0.1, 0.15) is 6.92 Å². The predicted octanol–water partition coefficient (Wildman–Crippen LogP) is -0.574. The SMILES string of the molecule is CCOc1nc(NC)nc(N2CCN(CCO)CC2)n1. The number of ether oxygens (including phenoxy) is 1. The van der Waals surface area contributed by atoms with E-state index in [0.717, 1.165) is 32.7 Å². The summed E-state index contributed by atoms with van der Waals surface area (Å²) in [6.07, 6.45) is 0. The Kier molecular flexibility index (Phi) is 5.31. The van der Waals surface area contributed by atoms with Crippen molar-refractivity contribution >= 4 is 11.9 Å². The molecule has 8 heteroatoms. The predicted molar refractivity (Wildman–Crippen MR) is 76.3 cm³/mol. The Morgan fingerprint density at radius 1 is 1.20 bits per heavy atom. The highest BCUT2D eigenvalue weighted by Gasteiger charge is 2.20. The molecule has 1 saturated heterocycles. The summed E-state index contributed by atoms with van der Waals surface area (Å²) in [6, 6.07) is 0.347. The third kappa shape index (κ3) is 3.67. The number of nitrogens with one attached hydrogen (secondary N) is 1. The van der Waals surface area contributed by atoms with Crippen molar-refractivity contribution in [2.24, 2.45) is 0 Å². The van der Waals surface area contributed by atoms with Crippen LogP contribution in [0.25, 0.3) is 0 Å². The highest BCUT2D eigenvalue weighted by Crippen LogP contribution is 2.16. The zero-order chi connectivity index (χ0) is 14.4. The van der Waals surface area contributed by atoms with Crippen molar-refractivity contribution in [3.63, 3.8) is 0 Å². The summed E-state index contributed by atoms with van der Waals surface area (Å²) in [5, 5.41) is 11.9. The molecule has 0 aromatic carbocycles. The maximum Gasteiger partial charge on any atom is 0.323 e. The van der Waals surface area contributed by atoms with Crippen molar-refractivity contribution in [1.29, 1.82) is 0 Å². The highest BCUT2D eigenvalue weighted by atomic mass is 16.5. The quantitative estimate of drug-likeness (QED) is 0.717. The standard InChI is InChI=1S/C12H22N6O2/c1-3-20-12-15-10(13-2)14-11(16-12)18-6-4-17(5-7-18)8-9-19/h19H,3-9H2,1-2H3,(H,13,14,15,16). The molecule has 20 heavy (non-hydrogen) atoms. The number of rotatable bonds is 6. The van der Waals surface area contributed by atoms with Gasteiger partial charge in [-0.25, -0.2) is 0 Å². The molecule has 0 spiro atoms. The maximum atomic E-state index is 8.95. The molecule has 0 saturated carbocycles. The van der Waals surface area contributed by atoms with Gasteiger partial charge in [-0.15, -0.1) is 0 Å². The van der Waals surface area contributed by atoms with Gasteiger partial charge in [-0.05, 0) is 6.92 Å². The van der Waals surface area contributed by atoms with E-state index in [9.17, 15) is 0 Å². The largest absolute Gasteiger partial charge is 0.464 e. The number of hydrogen-bond acceptors (Lipinski definition) is 8. The molecule has 112 valence electrons. The molecule has 0 radical (unpaired) electrons. The van der Waals surface area contributed by atoms with Crippen molar-refractivity contribution in [2.45, 2.75) is 6.92 Å². The van der Waals surface area contributed by atoms with Crippen LogP contribution in [-0.2, 0) is 0 Å². The van der Waals surface area contributed by atoms with Gasteiger partial charge in [-0.2, -0.15) is 15.0 Å². The Morgan fingerprint density at radius 2 is 1.95 bits per heavy atom. The maximum absolute atomic E-state index is 8.95. The smallest absolute Gasteiger partial charge is 0.323 e. The fourth-order valence-corrected chi connectivity index (χ4v) is 2.11. The first-order valence-electron chi connectivity index (χ1n) is 6.91. The lowest BCUT2D eigenvalue weighted by Gasteiger charge is -2.34. The van der Waals surface area contributed by atoms with E-state index >= 15 is 0 Å². The van der Waals surface area contributed by atoms with Crippen molar-refractivity contribution in [1.82, 2.24) is 19.9 Å². The number of β-amino-alcohol motifs (C(OH)–C–C–N with tert-alkyl or cyclic N) is 1. The lowest BCUT2D eigenvalue weighted by atomic mass is 10.3. The molecule has 0 atom stereocenters. The third-order valence-corrected chi connectivity index (χ3v) is 3.17. The summed E-state index contributed by atoms with van der Waals surface area (Å²) in [7, 11) is 1.77. The van der Waals surface area contributed by atoms with Crippen LogP contribution in [0.3, 0.4) is 0 Å². The van der Waals surface area contributed by atoms with Crippen molar-refractivity contribution < 1.29 is 9.84 Å². The number of aromatic nitrogens is 3. The van der Waals surface area contributed by atoms with Gasteiger partial charge in [0.2, 0.25) is 11.9 Å². The van der Waals surface area contributed by atoms with E-state index in [1.165, 1.54) is 0 Å². The van der Waals surface area contributed by atoms with Crippen molar-refractivity contribution in [3.05, 3.63) is 0 Å². The molecule has 2 N–H and O–H groups in total. The second kappa shape index (κ2) is 7.20. The van der Waals surface area contributed by atoms with E-state index < -0.39 is 0 Å². The lowest BCUT2D eigenvalue weighted by molar-refractivity contribution is 0.188. The summed E-state index contributed by atoms with van der Waals surface area (Å²) >= 11 is 0. The number of nitrogens with zero attached hydrogens (tertiary/aromatic N) is 5. The van der Waals surface area contributed by atoms with E-state index in [4.69, 9.17) is 9.84 Å². The van der Waals surface area contributed by atoms with Gasteiger partial charge in [0, 0.05) is 39.8 Å². The molecule has 2 rings (SSSR count). The summed E-state index contributed by atoms with van der Waals surface area (Å²) < 4.78 is 5.37. The summed E-state index contributed by atoms with van der Waals surface area (Å²) in [5.41, 5.74) is 0. The Hall–Kier alpha value is -1.67. The zero-order valence-corrected chi connectivity index (χ0v) is 12.0. The number of anilines is 2. The molecule has 1 aromatic heterocycles. The molecule has 0 unspecified atom stereocenters. The van der Waals surface area contributed by atoms with Gasteiger partial charge >= 0.3 is 6.01 Å². The van der Waals surface area contributed by atoms with Crippen LogP contribution in [0.4, 0.5) is 11.9 Å². The van der Waals surface area contributed by atoms with Crippen LogP contribution in [0, 0.1) is 0 Å². The normalized spacial score (nSPS) is 16.2. The zero-order valence-electron chi connectivity index (χ0n) is 12.0. The second-order valence-corrected chi connectivity index (χ2v) is 4.48. The summed E-state index contributed by atoms with van der Waals surface area (Å²) in [6.45, 7) is 6.79. The highest BCUT2D eigenvalue weighted by molar-refractivity contribution is 5.38. The number of hydrogen-bond donors (Lipinski definition) is 2. The number of piperazine rings is 1. The van der Waals surface area contributed by atoms with Crippen LogP contribution >= 0.6 is 0 Å². The van der Waals surface area contributed by atoms with E-state index in [1.54, 1.807) is 7.05 Å². The first-order chi connectivity index (χ1) is 9.76. The van der Waals surface area contributed by atoms with Gasteiger partial charge in [0.05, 0.1) is 13.2 Å². The van der Waals surface area contributed by atoms with Crippen molar-refractivity contribution in [2.75, 3.05) is 63.2 Å². The Balaban J connectivity index is 2.06. The average molecular weight is 282 g/mol. The van der Waals surface area contributed by atoms with Gasteiger partial charge in [0.15, 0.2) is 0 Å². The fraction of sp³-hybridized carbons (Fsp3) is 0.750. The van der Waals surface area contributed by atoms with E-state index in [2.05, 4.69) is 30.1 Å². The van der Waals surface area contributed by atoms with E-state index in [0.29, 0.717) is 24.5 Å². The monoisotopic (exact) mass is 282 g/mol. The first-order valence-corrected chi connectivity index (χ1v) is 6.91. The molecule has 0 amide bonds. The molecule has 1 aliphatic rings. The van der Waals surface area contributed by atoms with Crippen LogP contribution in [0.5, 0.6) is 6.01 Å². The summed E-state index contributed by atoms with van der Waals surface area (Å²) in [4.78, 5) is 17.2. The lowest BCUT2D eigenvalue weighted by Crippen LogP contribution is -2.47. The van der Waals surface area contributed by atoms with Gasteiger partial charge in [-0.3, -0.25) is 4.90 Å². The molecule has 1 aromatic rings. The Labute approximate surface area is 118 Å². The molecule has 0 aliphatic carbocycles. The van der Waals surface area contributed by atoms with Crippen molar-refractivity contribution in [3.8, 4) is 6.01 Å². The number of aliphatic hydroxyl groups excluding tert-OH is 1. The van der Waals surface area contributed by atoms with E-state index in [1.807, 2.05) is 6.92 Å². The minimum atomic E-state index is 0.199. The van der Waals surface area contributed by atoms with Crippen LogP contribution in [-0.4, -0.2) is 77.9 Å². The first kappa shape index (κ1) is 14.7. The summed E-state index contributed by atoms with van der Waals surface area (Å²) in [5.74, 6) is 1.15. The molecular weight excluding hydrogens is 260 g/mol. The van der Waals surface area contributed by atoms with Gasteiger partial charge in [0.25, 0.3) is 0 Å². The minimum Gasteiger partial charge on any atom is -0.464 e. The van der Waals surface area contributed by atoms with Crippen LogP contribution in [0.2, 0.25) is 0 Å². The van der Waals surface area contributed by atoms with Gasteiger partial charge in [-0.1, -0.05) is 0 Å². The third-order valence-electron chi connectivity index (χ3n) is 3.17. The average Bonchev–Trinajstić information content (AvgIpc) is 2.48. The van der Waals surface area contributed by atoms with Crippen LogP contribution < -0.4 is 15.0 Å². The molecule has 1 aliphatic heterocycles. The van der Waals surface area contributed by atoms with E-state index in [-0.39, 0.29) is 6.61 Å². The van der Waals surface area contributed by atoms with Gasteiger partial charge in [0.1, 0.15) is 0 Å². The number of aliphatic hydroxyl groups is 1. The molecule has 8 nitrogen and oxygen atoms in total. The fourth-order valence-electron chi connectivity index (χ4n) is 2.11. The van der Waals surface area contributed by atoms with Gasteiger partial charge < -0.3 is 20.1 Å². The molecule has 0 bridgehead atoms. The molecule has 1 fully saturated rings. The minimum absolute atomic E-state index is 0.199. The Bertz CT molecular complexity index is 422. The topological polar surface area (TPSA) is 86.6 Å². The molecular formula is C12H22N6O2. The second-order valence-electron chi connectivity index (χ2n) is 4.48.